The van der Waals surface area contributed by atoms with Crippen molar-refractivity contribution in [2.24, 2.45) is 5.90 Å². The second kappa shape index (κ2) is 8.29. The summed E-state index contributed by atoms with van der Waals surface area (Å²) in [4.78, 5) is 14.9. The van der Waals surface area contributed by atoms with E-state index in [0.29, 0.717) is 19.6 Å². The van der Waals surface area contributed by atoms with Gasteiger partial charge in [0.2, 0.25) is 0 Å². The third-order valence-electron chi connectivity index (χ3n) is 1.05. The molecule has 0 aromatic carbocycles. The Kier molecular flexibility index (Phi) is 7.73. The van der Waals surface area contributed by atoms with E-state index in [9.17, 15) is 4.79 Å². The highest BCUT2D eigenvalue weighted by Gasteiger charge is 2.00. The van der Waals surface area contributed by atoms with Gasteiger partial charge in [0, 0.05) is 6.42 Å². The fourth-order valence-corrected chi connectivity index (χ4v) is 0.525. The van der Waals surface area contributed by atoms with Crippen LogP contribution >= 0.6 is 0 Å². The van der Waals surface area contributed by atoms with Crippen molar-refractivity contribution in [3.05, 3.63) is 0 Å². The minimum Gasteiger partial charge on any atom is -0.434 e. The van der Waals surface area contributed by atoms with Crippen LogP contribution in [0.3, 0.4) is 0 Å². The predicted molar refractivity (Wildman–Crippen MR) is 42.3 cm³/mol. The van der Waals surface area contributed by atoms with Crippen LogP contribution in [0.25, 0.3) is 0 Å². The molecule has 2 N–H and O–H groups in total. The van der Waals surface area contributed by atoms with E-state index < -0.39 is 6.16 Å². The quantitative estimate of drug-likeness (QED) is 0.369. The Morgan fingerprint density at radius 2 is 1.92 bits per heavy atom. The fraction of sp³-hybridized carbons (Fsp3) is 0.857. The van der Waals surface area contributed by atoms with Crippen molar-refractivity contribution >= 4 is 6.16 Å². The summed E-state index contributed by atoms with van der Waals surface area (Å²) in [5, 5.41) is 0. The third kappa shape index (κ3) is 7.30. The molecule has 5 heteroatoms. The van der Waals surface area contributed by atoms with Crippen LogP contribution in [0.2, 0.25) is 0 Å². The van der Waals surface area contributed by atoms with Gasteiger partial charge in [0.25, 0.3) is 0 Å². The average molecular weight is 177 g/mol. The molecular weight excluding hydrogens is 162 g/mol. The Morgan fingerprint density at radius 1 is 1.25 bits per heavy atom. The molecular formula is C7H15NO4. The van der Waals surface area contributed by atoms with Crippen LogP contribution < -0.4 is 5.90 Å². The van der Waals surface area contributed by atoms with Gasteiger partial charge in [0.15, 0.2) is 0 Å². The van der Waals surface area contributed by atoms with Crippen LogP contribution in [0.5, 0.6) is 0 Å². The first-order valence-corrected chi connectivity index (χ1v) is 3.92. The lowest BCUT2D eigenvalue weighted by Gasteiger charge is -2.03. The molecule has 0 unspecified atom stereocenters. The van der Waals surface area contributed by atoms with Crippen molar-refractivity contribution in [3.8, 4) is 0 Å². The number of carbonyl (C=O) groups excluding carboxylic acids is 1. The Bertz CT molecular complexity index is 118. The second-order valence-electron chi connectivity index (χ2n) is 2.17. The van der Waals surface area contributed by atoms with Crippen LogP contribution in [0, 0.1) is 0 Å². The first-order valence-electron chi connectivity index (χ1n) is 3.92. The van der Waals surface area contributed by atoms with Crippen molar-refractivity contribution in [3.63, 3.8) is 0 Å². The maximum atomic E-state index is 10.6. The molecule has 0 aliphatic rings. The monoisotopic (exact) mass is 177 g/mol. The molecule has 0 fully saturated rings. The highest BCUT2D eigenvalue weighted by atomic mass is 16.7. The minimum atomic E-state index is -0.631. The van der Waals surface area contributed by atoms with E-state index in [1.807, 2.05) is 6.92 Å². The van der Waals surface area contributed by atoms with Crippen LogP contribution in [0.4, 0.5) is 4.79 Å². The molecule has 0 aromatic heterocycles. The molecule has 0 amide bonds. The molecule has 0 bridgehead atoms. The maximum Gasteiger partial charge on any atom is 0.508 e. The van der Waals surface area contributed by atoms with E-state index in [-0.39, 0.29) is 6.61 Å². The fourth-order valence-electron chi connectivity index (χ4n) is 0.525. The molecule has 0 saturated carbocycles. The van der Waals surface area contributed by atoms with Gasteiger partial charge in [-0.05, 0) is 6.42 Å². The molecule has 0 spiro atoms. The van der Waals surface area contributed by atoms with E-state index >= 15 is 0 Å². The smallest absolute Gasteiger partial charge is 0.434 e. The van der Waals surface area contributed by atoms with Crippen LogP contribution in [-0.4, -0.2) is 26.0 Å². The highest BCUT2D eigenvalue weighted by molar-refractivity contribution is 5.59. The van der Waals surface area contributed by atoms with Crippen LogP contribution in [0.1, 0.15) is 19.8 Å². The summed E-state index contributed by atoms with van der Waals surface area (Å²) in [5.74, 6) is 4.75. The van der Waals surface area contributed by atoms with Crippen molar-refractivity contribution in [2.45, 2.75) is 19.8 Å². The highest BCUT2D eigenvalue weighted by Crippen LogP contribution is 1.89. The van der Waals surface area contributed by atoms with Gasteiger partial charge < -0.3 is 14.3 Å². The maximum absolute atomic E-state index is 10.6. The number of hydrogen-bond acceptors (Lipinski definition) is 5. The van der Waals surface area contributed by atoms with Gasteiger partial charge >= 0.3 is 6.16 Å². The molecule has 0 aliphatic carbocycles. The molecule has 72 valence electrons. The van der Waals surface area contributed by atoms with E-state index in [1.54, 1.807) is 0 Å². The van der Waals surface area contributed by atoms with Crippen LogP contribution in [0.15, 0.2) is 0 Å². The summed E-state index contributed by atoms with van der Waals surface area (Å²) in [5.41, 5.74) is 0. The summed E-state index contributed by atoms with van der Waals surface area (Å²) in [6, 6.07) is 0. The summed E-state index contributed by atoms with van der Waals surface area (Å²) in [6.07, 6.45) is 0.743. The summed E-state index contributed by atoms with van der Waals surface area (Å²) < 4.78 is 9.29. The average Bonchev–Trinajstić information content (AvgIpc) is 2.09. The first kappa shape index (κ1) is 11.2. The number of carbonyl (C=O) groups is 1. The van der Waals surface area contributed by atoms with Crippen molar-refractivity contribution in [1.29, 1.82) is 0 Å². The molecule has 0 radical (unpaired) electrons. The molecule has 0 saturated heterocycles. The molecule has 0 rings (SSSR count). The number of rotatable bonds is 6. The van der Waals surface area contributed by atoms with Crippen molar-refractivity contribution in [2.75, 3.05) is 19.8 Å². The minimum absolute atomic E-state index is 0.278. The van der Waals surface area contributed by atoms with Gasteiger partial charge in [0.05, 0.1) is 19.8 Å². The SMILES string of the molecule is CCCOC(=O)OCCCON. The van der Waals surface area contributed by atoms with Crippen molar-refractivity contribution in [1.82, 2.24) is 0 Å². The summed E-state index contributed by atoms with van der Waals surface area (Å²) in [6.45, 7) is 2.96. The molecule has 12 heavy (non-hydrogen) atoms. The zero-order valence-corrected chi connectivity index (χ0v) is 7.25. The number of nitrogens with two attached hydrogens (primary N) is 1. The van der Waals surface area contributed by atoms with Gasteiger partial charge in [0.1, 0.15) is 0 Å². The molecule has 0 aliphatic heterocycles. The normalized spacial score (nSPS) is 9.50. The predicted octanol–water partition coefficient (Wildman–Crippen LogP) is 0.830. The molecule has 0 heterocycles. The van der Waals surface area contributed by atoms with E-state index in [4.69, 9.17) is 5.90 Å². The van der Waals surface area contributed by atoms with Gasteiger partial charge in [-0.25, -0.2) is 10.7 Å². The van der Waals surface area contributed by atoms with Gasteiger partial charge in [-0.1, -0.05) is 6.92 Å². The van der Waals surface area contributed by atoms with Crippen molar-refractivity contribution < 1.29 is 19.1 Å². The Balaban J connectivity index is 3.08. The summed E-state index contributed by atoms with van der Waals surface area (Å²) in [7, 11) is 0. The second-order valence-corrected chi connectivity index (χ2v) is 2.17. The third-order valence-corrected chi connectivity index (χ3v) is 1.05. The Morgan fingerprint density at radius 3 is 2.50 bits per heavy atom. The van der Waals surface area contributed by atoms with E-state index in [1.165, 1.54) is 0 Å². The molecule has 5 nitrogen and oxygen atoms in total. The lowest BCUT2D eigenvalue weighted by molar-refractivity contribution is 0.0452. The topological polar surface area (TPSA) is 70.8 Å². The number of ether oxygens (including phenoxy) is 2. The standard InChI is InChI=1S/C7H15NO4/c1-2-4-10-7(9)11-5-3-6-12-8/h2-6,8H2,1H3. The van der Waals surface area contributed by atoms with Gasteiger partial charge in [-0.2, -0.15) is 0 Å². The first-order chi connectivity index (χ1) is 5.81. The molecule has 0 aromatic rings. The molecule has 0 atom stereocenters. The van der Waals surface area contributed by atoms with Gasteiger partial charge in [-0.15, -0.1) is 0 Å². The number of hydrogen-bond donors (Lipinski definition) is 1. The van der Waals surface area contributed by atoms with E-state index in [0.717, 1.165) is 6.42 Å². The zero-order valence-electron chi connectivity index (χ0n) is 7.25. The zero-order chi connectivity index (χ0) is 9.23. The summed E-state index contributed by atoms with van der Waals surface area (Å²) >= 11 is 0. The van der Waals surface area contributed by atoms with E-state index in [2.05, 4.69) is 14.3 Å². The lowest BCUT2D eigenvalue weighted by Crippen LogP contribution is -2.11. The Labute approximate surface area is 71.7 Å². The van der Waals surface area contributed by atoms with Crippen LogP contribution in [-0.2, 0) is 14.3 Å². The largest absolute Gasteiger partial charge is 0.508 e. The Hall–Kier alpha value is -0.810. The lowest BCUT2D eigenvalue weighted by atomic mass is 10.5. The van der Waals surface area contributed by atoms with Gasteiger partial charge in [-0.3, -0.25) is 0 Å².